The van der Waals surface area contributed by atoms with Gasteiger partial charge in [0.1, 0.15) is 11.5 Å². The number of methoxy groups -OCH3 is 2. The van der Waals surface area contributed by atoms with E-state index in [-0.39, 0.29) is 11.9 Å². The first kappa shape index (κ1) is 23.9. The van der Waals surface area contributed by atoms with Gasteiger partial charge in [0.15, 0.2) is 0 Å². The zero-order valence-electron chi connectivity index (χ0n) is 20.7. The van der Waals surface area contributed by atoms with Gasteiger partial charge in [0.2, 0.25) is 6.10 Å². The lowest BCUT2D eigenvalue weighted by molar-refractivity contribution is -0.144. The minimum absolute atomic E-state index is 0.0220. The number of hydrogen-bond donors (Lipinski definition) is 0. The molecule has 0 aliphatic carbocycles. The minimum atomic E-state index is -0.624. The van der Waals surface area contributed by atoms with E-state index in [4.69, 9.17) is 14.3 Å². The number of carbonyl (C=O) groups is 1. The fourth-order valence-corrected chi connectivity index (χ4v) is 5.00. The van der Waals surface area contributed by atoms with E-state index < -0.39 is 6.10 Å². The van der Waals surface area contributed by atoms with Gasteiger partial charge in [-0.2, -0.15) is 0 Å². The van der Waals surface area contributed by atoms with Crippen LogP contribution in [-0.4, -0.2) is 67.9 Å². The Morgan fingerprint density at radius 2 is 1.53 bits per heavy atom. The van der Waals surface area contributed by atoms with Crippen molar-refractivity contribution in [2.24, 2.45) is 5.16 Å². The Bertz CT molecular complexity index is 1170. The maximum Gasteiger partial charge on any atom is 0.266 e. The Morgan fingerprint density at radius 3 is 2.11 bits per heavy atom. The zero-order valence-corrected chi connectivity index (χ0v) is 20.7. The molecule has 0 N–H and O–H groups in total. The molecule has 7 heteroatoms. The van der Waals surface area contributed by atoms with Gasteiger partial charge < -0.3 is 19.2 Å². The summed E-state index contributed by atoms with van der Waals surface area (Å²) in [6.45, 7) is 2.86. The summed E-state index contributed by atoms with van der Waals surface area (Å²) in [5.41, 5.74) is 3.99. The van der Waals surface area contributed by atoms with Crippen LogP contribution >= 0.6 is 0 Å². The third-order valence-corrected chi connectivity index (χ3v) is 6.88. The fourth-order valence-electron chi connectivity index (χ4n) is 5.00. The molecule has 2 aliphatic heterocycles. The lowest BCUT2D eigenvalue weighted by atomic mass is 9.96. The highest BCUT2D eigenvalue weighted by molar-refractivity contribution is 6.06. The van der Waals surface area contributed by atoms with Crippen LogP contribution in [0.25, 0.3) is 0 Å². The molecule has 0 unspecified atom stereocenters. The second-order valence-corrected chi connectivity index (χ2v) is 8.99. The summed E-state index contributed by atoms with van der Waals surface area (Å²) < 4.78 is 10.8. The van der Waals surface area contributed by atoms with Crippen LogP contribution in [0.4, 0.5) is 0 Å². The van der Waals surface area contributed by atoms with E-state index in [1.165, 1.54) is 11.1 Å². The highest BCUT2D eigenvalue weighted by Gasteiger charge is 2.36. The Kier molecular flexibility index (Phi) is 7.18. The summed E-state index contributed by atoms with van der Waals surface area (Å²) in [6.07, 6.45) is -0.222. The lowest BCUT2D eigenvalue weighted by Crippen LogP contribution is -2.52. The Morgan fingerprint density at radius 1 is 0.889 bits per heavy atom. The molecular formula is C29H31N3O4. The quantitative estimate of drug-likeness (QED) is 0.504. The van der Waals surface area contributed by atoms with Gasteiger partial charge >= 0.3 is 0 Å². The number of hydrogen-bond acceptors (Lipinski definition) is 6. The summed E-state index contributed by atoms with van der Waals surface area (Å²) in [4.78, 5) is 23.3. The van der Waals surface area contributed by atoms with Crippen molar-refractivity contribution in [3.8, 4) is 11.5 Å². The smallest absolute Gasteiger partial charge is 0.266 e. The molecule has 0 spiro atoms. The Labute approximate surface area is 211 Å². The zero-order chi connectivity index (χ0) is 24.9. The summed E-state index contributed by atoms with van der Waals surface area (Å²) >= 11 is 0. The summed E-state index contributed by atoms with van der Waals surface area (Å²) in [5.74, 6) is 1.35. The molecule has 2 aliphatic rings. The molecule has 3 aromatic rings. The standard InChI is InChI=1S/C29H31N3O4/c1-34-23-13-14-26(35-2)24(19-23)25-20-27(36-30-25)29(33)32-17-15-31(16-18-32)28(21-9-5-3-6-10-21)22-11-7-4-8-12-22/h3-14,19,27-28H,15-18,20H2,1-2H3/t27-/m0/s1. The fraction of sp³-hybridized carbons (Fsp3) is 0.310. The molecular weight excluding hydrogens is 454 g/mol. The molecule has 2 heterocycles. The Hall–Kier alpha value is -3.84. The average Bonchev–Trinajstić information content (AvgIpc) is 3.44. The second-order valence-electron chi connectivity index (χ2n) is 8.99. The van der Waals surface area contributed by atoms with Gasteiger partial charge in [-0.25, -0.2) is 0 Å². The second kappa shape index (κ2) is 10.8. The number of piperazine rings is 1. The molecule has 5 rings (SSSR count). The van der Waals surface area contributed by atoms with Crippen LogP contribution in [0, 0.1) is 0 Å². The SMILES string of the molecule is COc1ccc(OC)c(C2=NO[C@H](C(=O)N3CCN(C(c4ccccc4)c4ccccc4)CC3)C2)c1. The molecule has 3 aromatic carbocycles. The number of carbonyl (C=O) groups excluding carboxylic acids is 1. The van der Waals surface area contributed by atoms with Crippen molar-refractivity contribution in [3.63, 3.8) is 0 Å². The van der Waals surface area contributed by atoms with Gasteiger partial charge in [-0.15, -0.1) is 0 Å². The van der Waals surface area contributed by atoms with Gasteiger partial charge in [0.05, 0.1) is 26.0 Å². The molecule has 0 bridgehead atoms. The van der Waals surface area contributed by atoms with Crippen molar-refractivity contribution >= 4 is 11.6 Å². The van der Waals surface area contributed by atoms with Gasteiger partial charge in [-0.3, -0.25) is 9.69 Å². The number of benzene rings is 3. The molecule has 186 valence electrons. The summed E-state index contributed by atoms with van der Waals surface area (Å²) in [6, 6.07) is 26.8. The van der Waals surface area contributed by atoms with Crippen LogP contribution in [0.2, 0.25) is 0 Å². The third-order valence-electron chi connectivity index (χ3n) is 6.88. The van der Waals surface area contributed by atoms with E-state index in [0.717, 1.165) is 18.7 Å². The summed E-state index contributed by atoms with van der Waals surface area (Å²) in [7, 11) is 3.23. The molecule has 1 atom stereocenters. The van der Waals surface area contributed by atoms with E-state index in [1.54, 1.807) is 14.2 Å². The topological polar surface area (TPSA) is 63.6 Å². The largest absolute Gasteiger partial charge is 0.497 e. The van der Waals surface area contributed by atoms with Crippen LogP contribution in [0.15, 0.2) is 84.0 Å². The molecule has 0 aromatic heterocycles. The van der Waals surface area contributed by atoms with Crippen LogP contribution in [-0.2, 0) is 9.63 Å². The highest BCUT2D eigenvalue weighted by atomic mass is 16.6. The number of ether oxygens (including phenoxy) is 2. The minimum Gasteiger partial charge on any atom is -0.497 e. The van der Waals surface area contributed by atoms with Gasteiger partial charge in [0, 0.05) is 38.2 Å². The molecule has 1 fully saturated rings. The molecule has 36 heavy (non-hydrogen) atoms. The van der Waals surface area contributed by atoms with Crippen molar-refractivity contribution in [2.45, 2.75) is 18.6 Å². The first-order valence-corrected chi connectivity index (χ1v) is 12.3. The highest BCUT2D eigenvalue weighted by Crippen LogP contribution is 2.31. The van der Waals surface area contributed by atoms with E-state index in [1.807, 2.05) is 35.2 Å². The maximum atomic E-state index is 13.3. The number of nitrogens with zero attached hydrogens (tertiary/aromatic N) is 3. The lowest BCUT2D eigenvalue weighted by Gasteiger charge is -2.40. The molecule has 7 nitrogen and oxygen atoms in total. The number of amides is 1. The van der Waals surface area contributed by atoms with Crippen molar-refractivity contribution in [1.29, 1.82) is 0 Å². The molecule has 1 amide bonds. The van der Waals surface area contributed by atoms with E-state index >= 15 is 0 Å². The predicted molar refractivity (Wildman–Crippen MR) is 138 cm³/mol. The average molecular weight is 486 g/mol. The monoisotopic (exact) mass is 485 g/mol. The van der Waals surface area contributed by atoms with Crippen LogP contribution in [0.5, 0.6) is 11.5 Å². The van der Waals surface area contributed by atoms with Crippen molar-refractivity contribution < 1.29 is 19.1 Å². The van der Waals surface area contributed by atoms with Crippen LogP contribution in [0.3, 0.4) is 0 Å². The van der Waals surface area contributed by atoms with Crippen molar-refractivity contribution in [3.05, 3.63) is 95.6 Å². The molecule has 0 saturated carbocycles. The van der Waals surface area contributed by atoms with Crippen LogP contribution < -0.4 is 9.47 Å². The molecule has 1 saturated heterocycles. The maximum absolute atomic E-state index is 13.3. The van der Waals surface area contributed by atoms with Gasteiger partial charge in [-0.05, 0) is 29.3 Å². The van der Waals surface area contributed by atoms with Gasteiger partial charge in [0.25, 0.3) is 5.91 Å². The van der Waals surface area contributed by atoms with E-state index in [0.29, 0.717) is 36.7 Å². The van der Waals surface area contributed by atoms with E-state index in [2.05, 4.69) is 58.6 Å². The number of rotatable bonds is 7. The number of oxime groups is 1. The van der Waals surface area contributed by atoms with Crippen molar-refractivity contribution in [2.75, 3.05) is 40.4 Å². The third kappa shape index (κ3) is 4.93. The molecule has 0 radical (unpaired) electrons. The normalized spacial score (nSPS) is 18.0. The van der Waals surface area contributed by atoms with Crippen LogP contribution in [0.1, 0.15) is 29.2 Å². The first-order chi connectivity index (χ1) is 17.7. The Balaban J connectivity index is 1.24. The van der Waals surface area contributed by atoms with E-state index in [9.17, 15) is 4.79 Å². The predicted octanol–water partition coefficient (Wildman–Crippen LogP) is 4.13. The van der Waals surface area contributed by atoms with Gasteiger partial charge in [-0.1, -0.05) is 65.8 Å². The summed E-state index contributed by atoms with van der Waals surface area (Å²) in [5, 5.41) is 4.23. The first-order valence-electron chi connectivity index (χ1n) is 12.3. The van der Waals surface area contributed by atoms with Crippen molar-refractivity contribution in [1.82, 2.24) is 9.80 Å².